The second-order valence-corrected chi connectivity index (χ2v) is 18.2. The van der Waals surface area contributed by atoms with E-state index < -0.39 is 58.7 Å². The summed E-state index contributed by atoms with van der Waals surface area (Å²) in [4.78, 5) is 74.0. The van der Waals surface area contributed by atoms with Crippen LogP contribution in [-0.4, -0.2) is 117 Å². The Hall–Kier alpha value is -6.02. The van der Waals surface area contributed by atoms with Crippen LogP contribution in [0.25, 0.3) is 10.9 Å². The number of aliphatic hydroxyl groups is 1. The second kappa shape index (κ2) is 18.3. The average molecular weight is 920 g/mol. The Bertz CT molecular complexity index is 2530. The summed E-state index contributed by atoms with van der Waals surface area (Å²) >= 11 is 0. The summed E-state index contributed by atoms with van der Waals surface area (Å²) in [6.45, 7) is 3.31. The maximum Gasteiger partial charge on any atom is 0.433 e. The number of hydrogen-bond acceptors (Lipinski definition) is 10. The van der Waals surface area contributed by atoms with Crippen LogP contribution in [0.1, 0.15) is 102 Å². The molecule has 4 aromatic rings. The monoisotopic (exact) mass is 919 g/mol. The average Bonchev–Trinajstić information content (AvgIpc) is 3.95. The number of piperazine rings is 1. The predicted molar refractivity (Wildman–Crippen MR) is 229 cm³/mol. The summed E-state index contributed by atoms with van der Waals surface area (Å²) in [6, 6.07) is 8.76. The van der Waals surface area contributed by atoms with E-state index in [4.69, 9.17) is 5.10 Å². The van der Waals surface area contributed by atoms with Crippen LogP contribution in [-0.2, 0) is 20.6 Å². The van der Waals surface area contributed by atoms with Gasteiger partial charge in [0.2, 0.25) is 17.7 Å². The summed E-state index contributed by atoms with van der Waals surface area (Å²) in [5.74, 6) is -5.62. The molecule has 350 valence electrons. The number of hydrogen-bond donors (Lipinski definition) is 4. The van der Waals surface area contributed by atoms with E-state index in [1.807, 2.05) is 15.8 Å². The summed E-state index contributed by atoms with van der Waals surface area (Å²) in [5, 5.41) is 22.6. The fourth-order valence-corrected chi connectivity index (χ4v) is 10.2. The molecule has 3 saturated heterocycles. The van der Waals surface area contributed by atoms with Crippen LogP contribution < -0.4 is 20.9 Å². The second-order valence-electron chi connectivity index (χ2n) is 18.2. The van der Waals surface area contributed by atoms with Gasteiger partial charge in [0.05, 0.1) is 34.6 Å². The molecular formula is C46H50F5N9O6. The number of nitrogens with one attached hydrogen (secondary N) is 3. The maximum absolute atomic E-state index is 15.3. The van der Waals surface area contributed by atoms with Crippen LogP contribution >= 0.6 is 0 Å². The number of pyridine rings is 1. The molecule has 2 saturated carbocycles. The largest absolute Gasteiger partial charge is 0.433 e. The molecule has 5 heterocycles. The van der Waals surface area contributed by atoms with Crippen molar-refractivity contribution in [1.82, 2.24) is 35.2 Å². The van der Waals surface area contributed by atoms with Crippen molar-refractivity contribution in [2.45, 2.75) is 88.0 Å². The minimum absolute atomic E-state index is 0.00126. The number of rotatable bonds is 10. The highest BCUT2D eigenvalue weighted by Crippen LogP contribution is 2.37. The van der Waals surface area contributed by atoms with Crippen molar-refractivity contribution in [3.8, 4) is 0 Å². The first-order valence-corrected chi connectivity index (χ1v) is 22.5. The molecule has 2 aliphatic carbocycles. The third-order valence-electron chi connectivity index (χ3n) is 14.0. The van der Waals surface area contributed by atoms with Gasteiger partial charge in [-0.05, 0) is 93.7 Å². The molecule has 20 heteroatoms. The van der Waals surface area contributed by atoms with E-state index in [0.29, 0.717) is 81.2 Å². The Morgan fingerprint density at radius 2 is 1.58 bits per heavy atom. The Morgan fingerprint density at radius 1 is 0.864 bits per heavy atom. The highest BCUT2D eigenvalue weighted by atomic mass is 19.4. The number of carbonyl (C=O) groups is 5. The van der Waals surface area contributed by atoms with Gasteiger partial charge in [-0.1, -0.05) is 6.07 Å². The third-order valence-corrected chi connectivity index (χ3v) is 14.0. The Labute approximate surface area is 376 Å². The summed E-state index contributed by atoms with van der Waals surface area (Å²) in [6.07, 6.45) is 2.25. The van der Waals surface area contributed by atoms with E-state index in [-0.39, 0.29) is 66.1 Å². The van der Waals surface area contributed by atoms with Gasteiger partial charge < -0.3 is 25.5 Å². The van der Waals surface area contributed by atoms with Crippen LogP contribution in [0.3, 0.4) is 0 Å². The molecule has 9 rings (SSSR count). The molecule has 5 amide bonds. The molecule has 2 atom stereocenters. The van der Waals surface area contributed by atoms with Crippen LogP contribution in [0.15, 0.2) is 48.7 Å². The Balaban J connectivity index is 0.799. The first-order chi connectivity index (χ1) is 31.6. The van der Waals surface area contributed by atoms with Crippen molar-refractivity contribution in [1.29, 1.82) is 0 Å². The third kappa shape index (κ3) is 9.34. The molecule has 3 aliphatic heterocycles. The van der Waals surface area contributed by atoms with E-state index in [0.717, 1.165) is 43.9 Å². The minimum Gasteiger partial charge on any atom is -0.396 e. The smallest absolute Gasteiger partial charge is 0.396 e. The maximum atomic E-state index is 15.3. The number of aromatic nitrogens is 3. The van der Waals surface area contributed by atoms with E-state index in [1.165, 1.54) is 12.1 Å². The molecular weight excluding hydrogens is 870 g/mol. The molecule has 15 nitrogen and oxygen atoms in total. The summed E-state index contributed by atoms with van der Waals surface area (Å²) in [7, 11) is 0. The number of benzene rings is 2. The fraction of sp³-hybridized carbons (Fsp3) is 0.500. The number of carbonyl (C=O) groups excluding carboxylic acids is 5. The summed E-state index contributed by atoms with van der Waals surface area (Å²) < 4.78 is 72.6. The Morgan fingerprint density at radius 3 is 2.26 bits per heavy atom. The SMILES string of the molecule is O=C1CC[C@H](c2c(F)cc(N3CC[C@@H](C(=O)N4CCN(C5CCC(n6cc7cc(NC(=O)c8cccc(C(F)(F)F)n8)c(C(=O)NC8CC(CO)C8)cc7n6)CC5)CC4)C3)cc2F)C(=O)N1. The number of imide groups is 1. The molecule has 4 N–H and O–H groups in total. The number of piperidine rings is 1. The van der Waals surface area contributed by atoms with E-state index in [2.05, 4.69) is 25.8 Å². The quantitative estimate of drug-likeness (QED) is 0.123. The zero-order valence-electron chi connectivity index (χ0n) is 36.0. The molecule has 0 radical (unpaired) electrons. The number of aliphatic hydroxyl groups excluding tert-OH is 1. The first-order valence-electron chi connectivity index (χ1n) is 22.5. The van der Waals surface area contributed by atoms with Crippen molar-refractivity contribution in [3.05, 3.63) is 82.8 Å². The normalized spacial score (nSPS) is 25.1. The van der Waals surface area contributed by atoms with Gasteiger partial charge in [0.1, 0.15) is 23.0 Å². The van der Waals surface area contributed by atoms with Gasteiger partial charge in [-0.15, -0.1) is 0 Å². The van der Waals surface area contributed by atoms with Gasteiger partial charge in [-0.25, -0.2) is 13.8 Å². The van der Waals surface area contributed by atoms with E-state index >= 15 is 8.78 Å². The number of amides is 5. The highest BCUT2D eigenvalue weighted by Gasteiger charge is 2.38. The van der Waals surface area contributed by atoms with Crippen molar-refractivity contribution < 1.29 is 51.0 Å². The van der Waals surface area contributed by atoms with Gasteiger partial charge in [0.25, 0.3) is 11.8 Å². The lowest BCUT2D eigenvalue weighted by Crippen LogP contribution is -2.53. The zero-order chi connectivity index (χ0) is 46.4. The molecule has 0 spiro atoms. The molecule has 2 aromatic carbocycles. The lowest BCUT2D eigenvalue weighted by Gasteiger charge is -2.42. The van der Waals surface area contributed by atoms with Gasteiger partial charge in [-0.2, -0.15) is 18.3 Å². The van der Waals surface area contributed by atoms with Gasteiger partial charge in [0.15, 0.2) is 0 Å². The van der Waals surface area contributed by atoms with Crippen LogP contribution in [0.5, 0.6) is 0 Å². The predicted octanol–water partition coefficient (Wildman–Crippen LogP) is 5.16. The van der Waals surface area contributed by atoms with Crippen molar-refractivity contribution in [3.63, 3.8) is 0 Å². The number of anilines is 2. The molecule has 0 unspecified atom stereocenters. The van der Waals surface area contributed by atoms with Crippen molar-refractivity contribution in [2.75, 3.05) is 56.1 Å². The van der Waals surface area contributed by atoms with Crippen LogP contribution in [0, 0.1) is 23.5 Å². The van der Waals surface area contributed by atoms with Gasteiger partial charge >= 0.3 is 6.18 Å². The lowest BCUT2D eigenvalue weighted by molar-refractivity contribution is -0.141. The number of alkyl halides is 3. The number of halogens is 5. The molecule has 2 aromatic heterocycles. The topological polar surface area (TPSA) is 182 Å². The molecule has 5 aliphatic rings. The summed E-state index contributed by atoms with van der Waals surface area (Å²) in [5.41, 5.74) is -1.03. The zero-order valence-corrected chi connectivity index (χ0v) is 36.0. The minimum atomic E-state index is -4.75. The van der Waals surface area contributed by atoms with Gasteiger partial charge in [0, 0.05) is 87.2 Å². The van der Waals surface area contributed by atoms with Crippen LogP contribution in [0.2, 0.25) is 0 Å². The number of fused-ring (bicyclic) bond motifs is 1. The highest BCUT2D eigenvalue weighted by molar-refractivity contribution is 6.10. The fourth-order valence-electron chi connectivity index (χ4n) is 10.2. The molecule has 66 heavy (non-hydrogen) atoms. The van der Waals surface area contributed by atoms with E-state index in [1.54, 1.807) is 17.0 Å². The number of nitrogens with zero attached hydrogens (tertiary/aromatic N) is 6. The van der Waals surface area contributed by atoms with Gasteiger partial charge in [-0.3, -0.25) is 38.9 Å². The lowest BCUT2D eigenvalue weighted by atomic mass is 9.81. The van der Waals surface area contributed by atoms with Crippen molar-refractivity contribution in [2.24, 2.45) is 11.8 Å². The van der Waals surface area contributed by atoms with Crippen molar-refractivity contribution >= 4 is 51.8 Å². The first kappa shape index (κ1) is 45.1. The molecule has 5 fully saturated rings. The van der Waals surface area contributed by atoms with E-state index in [9.17, 15) is 42.3 Å². The molecule has 0 bridgehead atoms. The van der Waals surface area contributed by atoms with Crippen LogP contribution in [0.4, 0.5) is 33.3 Å². The standard InChI is InChI=1S/C46H50F5N9O6/c47-34-19-31(20-35(48)41(34)32-8-9-40(62)55-42(32)63)59-11-10-26(22-59)45(66)58-14-12-57(13-15-58)29-4-6-30(7-5-29)60-23-27-18-38(54-44(65)36-2-1-3-39(53-36)46(49,50)51)33(21-37(27)56-60)43(64)52-28-16-25(17-28)24-61/h1-3,18-21,23,25-26,28-30,32,61H,4-17,22,24H2,(H,52,64)(H,54,65)(H,55,62,63)/t25?,26-,28?,29?,30?,32-/m1/s1. The Kier molecular flexibility index (Phi) is 12.5.